The first-order chi connectivity index (χ1) is 7.57. The van der Waals surface area contributed by atoms with Crippen molar-refractivity contribution in [3.63, 3.8) is 0 Å². The van der Waals surface area contributed by atoms with Crippen molar-refractivity contribution in [2.24, 2.45) is 12.8 Å². The Hall–Kier alpha value is -0.900. The van der Waals surface area contributed by atoms with Crippen molar-refractivity contribution in [1.82, 2.24) is 9.78 Å². The van der Waals surface area contributed by atoms with Crippen LogP contribution in [-0.2, 0) is 13.5 Å². The molecule has 0 radical (unpaired) electrons. The second-order valence-electron chi connectivity index (χ2n) is 5.03. The first kappa shape index (κ1) is 11.6. The molecule has 1 fully saturated rings. The van der Waals surface area contributed by atoms with E-state index in [0.717, 1.165) is 24.8 Å². The van der Waals surface area contributed by atoms with Crippen molar-refractivity contribution in [2.45, 2.75) is 50.2 Å². The molecule has 0 spiro atoms. The van der Waals surface area contributed by atoms with Gasteiger partial charge in [0, 0.05) is 19.3 Å². The van der Waals surface area contributed by atoms with Gasteiger partial charge in [-0.25, -0.2) is 4.39 Å². The molecule has 16 heavy (non-hydrogen) atoms. The van der Waals surface area contributed by atoms with E-state index in [-0.39, 0.29) is 6.04 Å². The number of rotatable bonds is 3. The van der Waals surface area contributed by atoms with Gasteiger partial charge < -0.3 is 5.73 Å². The van der Waals surface area contributed by atoms with Crippen molar-refractivity contribution < 1.29 is 4.39 Å². The monoisotopic (exact) mass is 225 g/mol. The number of hydrogen-bond acceptors (Lipinski definition) is 2. The van der Waals surface area contributed by atoms with E-state index in [1.165, 1.54) is 0 Å². The number of hydrogen-bond donors (Lipinski definition) is 1. The summed E-state index contributed by atoms with van der Waals surface area (Å²) in [7, 11) is 1.88. The zero-order valence-corrected chi connectivity index (χ0v) is 9.82. The summed E-state index contributed by atoms with van der Waals surface area (Å²) in [5.74, 6) is 0. The molecular formula is C12H20FN3. The SMILES string of the molecule is Cn1cc(CCC2(F)CCCC(N)C2)cn1. The van der Waals surface area contributed by atoms with Gasteiger partial charge in [0.25, 0.3) is 0 Å². The molecule has 4 heteroatoms. The van der Waals surface area contributed by atoms with Crippen LogP contribution in [0.5, 0.6) is 0 Å². The standard InChI is InChI=1S/C12H20FN3/c1-16-9-10(8-15-16)4-6-12(13)5-2-3-11(14)7-12/h8-9,11H,2-7,14H2,1H3. The minimum atomic E-state index is -1.05. The van der Waals surface area contributed by atoms with Crippen LogP contribution in [0.15, 0.2) is 12.4 Å². The van der Waals surface area contributed by atoms with Crippen LogP contribution < -0.4 is 5.73 Å². The van der Waals surface area contributed by atoms with Gasteiger partial charge in [0.15, 0.2) is 0 Å². The molecule has 0 aromatic carbocycles. The predicted octanol–water partition coefficient (Wildman–Crippen LogP) is 1.96. The molecule has 2 N–H and O–H groups in total. The molecule has 0 saturated heterocycles. The van der Waals surface area contributed by atoms with Crippen LogP contribution >= 0.6 is 0 Å². The van der Waals surface area contributed by atoms with E-state index in [9.17, 15) is 4.39 Å². The molecule has 2 atom stereocenters. The second-order valence-corrected chi connectivity index (χ2v) is 5.03. The second kappa shape index (κ2) is 4.53. The summed E-state index contributed by atoms with van der Waals surface area (Å²) in [5.41, 5.74) is 5.89. The van der Waals surface area contributed by atoms with E-state index >= 15 is 0 Å². The highest BCUT2D eigenvalue weighted by Crippen LogP contribution is 2.35. The van der Waals surface area contributed by atoms with Gasteiger partial charge in [0.2, 0.25) is 0 Å². The Morgan fingerprint density at radius 3 is 3.12 bits per heavy atom. The van der Waals surface area contributed by atoms with Gasteiger partial charge in [0.1, 0.15) is 5.67 Å². The smallest absolute Gasteiger partial charge is 0.112 e. The Morgan fingerprint density at radius 2 is 2.50 bits per heavy atom. The molecule has 1 aromatic heterocycles. The van der Waals surface area contributed by atoms with Crippen LogP contribution in [0.25, 0.3) is 0 Å². The molecule has 1 heterocycles. The maximum absolute atomic E-state index is 14.4. The summed E-state index contributed by atoms with van der Waals surface area (Å²) in [6.45, 7) is 0. The highest BCUT2D eigenvalue weighted by molar-refractivity contribution is 5.05. The Morgan fingerprint density at radius 1 is 1.69 bits per heavy atom. The van der Waals surface area contributed by atoms with Gasteiger partial charge in [-0.15, -0.1) is 0 Å². The number of halogens is 1. The van der Waals surface area contributed by atoms with Gasteiger partial charge in [-0.05, 0) is 44.1 Å². The van der Waals surface area contributed by atoms with Crippen LogP contribution in [0.1, 0.15) is 37.7 Å². The van der Waals surface area contributed by atoms with Crippen molar-refractivity contribution in [2.75, 3.05) is 0 Å². The lowest BCUT2D eigenvalue weighted by molar-refractivity contribution is 0.0865. The fourth-order valence-corrected chi connectivity index (χ4v) is 2.55. The molecule has 90 valence electrons. The molecule has 2 unspecified atom stereocenters. The van der Waals surface area contributed by atoms with E-state index in [4.69, 9.17) is 5.73 Å². The zero-order chi connectivity index (χ0) is 11.6. The molecule has 1 saturated carbocycles. The van der Waals surface area contributed by atoms with Gasteiger partial charge in [-0.3, -0.25) is 4.68 Å². The molecule has 1 aromatic rings. The molecule has 0 amide bonds. The van der Waals surface area contributed by atoms with E-state index in [1.807, 2.05) is 19.4 Å². The molecule has 2 rings (SSSR count). The Kier molecular flexibility index (Phi) is 3.28. The van der Waals surface area contributed by atoms with E-state index < -0.39 is 5.67 Å². The van der Waals surface area contributed by atoms with Gasteiger partial charge >= 0.3 is 0 Å². The van der Waals surface area contributed by atoms with Gasteiger partial charge in [0.05, 0.1) is 6.20 Å². The maximum Gasteiger partial charge on any atom is 0.112 e. The minimum Gasteiger partial charge on any atom is -0.328 e. The Balaban J connectivity index is 1.88. The first-order valence-corrected chi connectivity index (χ1v) is 5.99. The summed E-state index contributed by atoms with van der Waals surface area (Å²) in [6, 6.07) is 0.0487. The largest absolute Gasteiger partial charge is 0.328 e. The molecule has 3 nitrogen and oxygen atoms in total. The summed E-state index contributed by atoms with van der Waals surface area (Å²) in [4.78, 5) is 0. The summed E-state index contributed by atoms with van der Waals surface area (Å²) in [5, 5.41) is 4.09. The van der Waals surface area contributed by atoms with Crippen LogP contribution in [0.4, 0.5) is 4.39 Å². The van der Waals surface area contributed by atoms with Crippen LogP contribution in [-0.4, -0.2) is 21.5 Å². The van der Waals surface area contributed by atoms with Crippen LogP contribution in [0, 0.1) is 0 Å². The first-order valence-electron chi connectivity index (χ1n) is 5.99. The third-order valence-corrected chi connectivity index (χ3v) is 3.45. The number of nitrogens with zero attached hydrogens (tertiary/aromatic N) is 2. The molecule has 1 aliphatic carbocycles. The van der Waals surface area contributed by atoms with Gasteiger partial charge in [-0.1, -0.05) is 0 Å². The quantitative estimate of drug-likeness (QED) is 0.854. The molecular weight excluding hydrogens is 205 g/mol. The zero-order valence-electron chi connectivity index (χ0n) is 9.82. The highest BCUT2D eigenvalue weighted by Gasteiger charge is 2.34. The normalized spacial score (nSPS) is 30.6. The highest BCUT2D eigenvalue weighted by atomic mass is 19.1. The number of alkyl halides is 1. The van der Waals surface area contributed by atoms with E-state index in [2.05, 4.69) is 5.10 Å². The predicted molar refractivity (Wildman–Crippen MR) is 61.8 cm³/mol. The summed E-state index contributed by atoms with van der Waals surface area (Å²) in [6.07, 6.45) is 8.18. The number of nitrogens with two attached hydrogens (primary N) is 1. The fourth-order valence-electron chi connectivity index (χ4n) is 2.55. The lowest BCUT2D eigenvalue weighted by Crippen LogP contribution is -2.38. The van der Waals surface area contributed by atoms with E-state index in [0.29, 0.717) is 19.3 Å². The van der Waals surface area contributed by atoms with Crippen molar-refractivity contribution in [3.05, 3.63) is 18.0 Å². The topological polar surface area (TPSA) is 43.8 Å². The molecule has 1 aliphatic rings. The molecule has 0 bridgehead atoms. The van der Waals surface area contributed by atoms with Crippen molar-refractivity contribution in [1.29, 1.82) is 0 Å². The average Bonchev–Trinajstić information content (AvgIpc) is 2.61. The van der Waals surface area contributed by atoms with E-state index in [1.54, 1.807) is 4.68 Å². The minimum absolute atomic E-state index is 0.0487. The fraction of sp³-hybridized carbons (Fsp3) is 0.750. The number of aromatic nitrogens is 2. The maximum atomic E-state index is 14.4. The summed E-state index contributed by atoms with van der Waals surface area (Å²) >= 11 is 0. The van der Waals surface area contributed by atoms with Gasteiger partial charge in [-0.2, -0.15) is 5.10 Å². The lowest BCUT2D eigenvalue weighted by Gasteiger charge is -2.33. The Labute approximate surface area is 95.8 Å². The Bertz CT molecular complexity index is 350. The van der Waals surface area contributed by atoms with Crippen LogP contribution in [0.3, 0.4) is 0 Å². The molecule has 0 aliphatic heterocycles. The van der Waals surface area contributed by atoms with Crippen molar-refractivity contribution >= 4 is 0 Å². The summed E-state index contributed by atoms with van der Waals surface area (Å²) < 4.78 is 16.2. The third-order valence-electron chi connectivity index (χ3n) is 3.45. The van der Waals surface area contributed by atoms with Crippen molar-refractivity contribution in [3.8, 4) is 0 Å². The average molecular weight is 225 g/mol. The third kappa shape index (κ3) is 2.82. The lowest BCUT2D eigenvalue weighted by atomic mass is 9.80. The number of aryl methyl sites for hydroxylation is 2. The van der Waals surface area contributed by atoms with Crippen LogP contribution in [0.2, 0.25) is 0 Å².